The molecular weight excluding hydrogens is 254 g/mol. The minimum absolute atomic E-state index is 0. The van der Waals surface area contributed by atoms with Gasteiger partial charge in [0.1, 0.15) is 5.75 Å². The van der Waals surface area contributed by atoms with Crippen LogP contribution in [0.4, 0.5) is 5.13 Å². The number of aromatic nitrogens is 2. The molecule has 96 valence electrons. The maximum atomic E-state index is 11.3. The van der Waals surface area contributed by atoms with Crippen molar-refractivity contribution in [3.05, 3.63) is 30.2 Å². The van der Waals surface area contributed by atoms with E-state index in [0.717, 1.165) is 0 Å². The highest BCUT2D eigenvalue weighted by Crippen LogP contribution is 2.28. The Balaban J connectivity index is 0.00000162. The van der Waals surface area contributed by atoms with Crippen LogP contribution in [0.3, 0.4) is 0 Å². The third kappa shape index (κ3) is 3.17. The third-order valence-corrected chi connectivity index (χ3v) is 2.56. The summed E-state index contributed by atoms with van der Waals surface area (Å²) in [5.41, 5.74) is 5.79. The number of thiazole rings is 1. The number of ether oxygens (including phenoxy) is 2. The molecule has 18 heavy (non-hydrogen) atoms. The zero-order valence-corrected chi connectivity index (χ0v) is 9.73. The van der Waals surface area contributed by atoms with E-state index in [2.05, 4.69) is 14.7 Å². The van der Waals surface area contributed by atoms with E-state index < -0.39 is 5.97 Å². The first-order valence-electron chi connectivity index (χ1n) is 4.61. The number of carbonyl (C=O) groups is 1. The van der Waals surface area contributed by atoms with Gasteiger partial charge in [-0.15, -0.1) is 0 Å². The molecule has 6 nitrogen and oxygen atoms in total. The van der Waals surface area contributed by atoms with Crippen molar-refractivity contribution in [3.8, 4) is 10.8 Å². The molecule has 2 aromatic heterocycles. The normalized spacial score (nSPS) is 9.39. The molecule has 0 amide bonds. The molecule has 0 aliphatic heterocycles. The smallest absolute Gasteiger partial charge is 0.339 e. The molecule has 0 aliphatic carbocycles. The van der Waals surface area contributed by atoms with Gasteiger partial charge in [-0.05, 0) is 6.07 Å². The molecule has 0 saturated carbocycles. The molecule has 0 atom stereocenters. The summed E-state index contributed by atoms with van der Waals surface area (Å²) in [4.78, 5) is 19.0. The van der Waals surface area contributed by atoms with Crippen LogP contribution in [0.15, 0.2) is 24.7 Å². The number of hydrogen-bond acceptors (Lipinski definition) is 7. The number of methoxy groups -OCH3 is 1. The quantitative estimate of drug-likeness (QED) is 0.859. The van der Waals surface area contributed by atoms with Crippen molar-refractivity contribution in [2.24, 2.45) is 0 Å². The predicted octanol–water partition coefficient (Wildman–Crippen LogP) is 2.34. The molecule has 2 aromatic rings. The second kappa shape index (κ2) is 5.97. The summed E-state index contributed by atoms with van der Waals surface area (Å²) in [6.45, 7) is 0. The molecule has 2 rings (SSSR count). The number of anilines is 1. The molecule has 2 heterocycles. The average Bonchev–Trinajstić information content (AvgIpc) is 2.74. The molecular formula is C11H13N3O3S. The molecule has 0 aliphatic rings. The van der Waals surface area contributed by atoms with Gasteiger partial charge in [0, 0.05) is 6.20 Å². The maximum absolute atomic E-state index is 11.3. The maximum Gasteiger partial charge on any atom is 0.339 e. The van der Waals surface area contributed by atoms with Crippen LogP contribution < -0.4 is 10.5 Å². The standard InChI is InChI=1S/C10H9N3O3S.CH4/c1-15-9(14)6-2-7(4-12-3-6)16-8-5-13-10(11)17-8;/h2-5H,1H3,(H2,11,13);1H4. The number of esters is 1. The fraction of sp³-hybridized carbons (Fsp3) is 0.182. The first-order valence-corrected chi connectivity index (χ1v) is 5.43. The van der Waals surface area contributed by atoms with Crippen molar-refractivity contribution in [1.82, 2.24) is 9.97 Å². The minimum Gasteiger partial charge on any atom is -0.465 e. The van der Waals surface area contributed by atoms with Gasteiger partial charge in [0.2, 0.25) is 5.06 Å². The Labute approximate surface area is 108 Å². The number of pyridine rings is 1. The first-order chi connectivity index (χ1) is 8.19. The van der Waals surface area contributed by atoms with Crippen LogP contribution in [-0.4, -0.2) is 23.0 Å². The fourth-order valence-corrected chi connectivity index (χ4v) is 1.69. The highest BCUT2D eigenvalue weighted by molar-refractivity contribution is 7.17. The molecule has 0 bridgehead atoms. The van der Waals surface area contributed by atoms with Crippen molar-refractivity contribution in [3.63, 3.8) is 0 Å². The lowest BCUT2D eigenvalue weighted by Gasteiger charge is -2.03. The Kier molecular flexibility index (Phi) is 4.61. The molecule has 0 radical (unpaired) electrons. The predicted molar refractivity (Wildman–Crippen MR) is 68.9 cm³/mol. The lowest BCUT2D eigenvalue weighted by molar-refractivity contribution is 0.0600. The first kappa shape index (κ1) is 13.9. The Morgan fingerprint density at radius 1 is 1.39 bits per heavy atom. The largest absolute Gasteiger partial charge is 0.465 e. The van der Waals surface area contributed by atoms with Gasteiger partial charge in [-0.3, -0.25) is 4.98 Å². The summed E-state index contributed by atoms with van der Waals surface area (Å²) in [6, 6.07) is 1.54. The number of nitrogen functional groups attached to an aromatic ring is 1. The summed E-state index contributed by atoms with van der Waals surface area (Å²) in [5.74, 6) is -0.0386. The van der Waals surface area contributed by atoms with Crippen LogP contribution in [0, 0.1) is 0 Å². The van der Waals surface area contributed by atoms with Gasteiger partial charge < -0.3 is 15.2 Å². The molecule has 0 fully saturated rings. The van der Waals surface area contributed by atoms with Gasteiger partial charge in [-0.25, -0.2) is 9.78 Å². The van der Waals surface area contributed by atoms with Crippen LogP contribution in [0.5, 0.6) is 10.8 Å². The van der Waals surface area contributed by atoms with Gasteiger partial charge >= 0.3 is 5.97 Å². The Morgan fingerprint density at radius 2 is 2.17 bits per heavy atom. The van der Waals surface area contributed by atoms with Crippen molar-refractivity contribution in [2.75, 3.05) is 12.8 Å². The van der Waals surface area contributed by atoms with Crippen molar-refractivity contribution in [2.45, 2.75) is 7.43 Å². The lowest BCUT2D eigenvalue weighted by Crippen LogP contribution is -2.01. The third-order valence-electron chi connectivity index (χ3n) is 1.86. The molecule has 0 spiro atoms. The number of nitrogens with two attached hydrogens (primary N) is 1. The Bertz CT molecular complexity index is 542. The van der Waals surface area contributed by atoms with E-state index in [4.69, 9.17) is 10.5 Å². The number of rotatable bonds is 3. The van der Waals surface area contributed by atoms with Crippen LogP contribution in [0.25, 0.3) is 0 Å². The summed E-state index contributed by atoms with van der Waals surface area (Å²) >= 11 is 1.20. The number of hydrogen-bond donors (Lipinski definition) is 1. The second-order valence-corrected chi connectivity index (χ2v) is 4.05. The van der Waals surface area contributed by atoms with Crippen LogP contribution in [0.2, 0.25) is 0 Å². The summed E-state index contributed by atoms with van der Waals surface area (Å²) < 4.78 is 10.0. The van der Waals surface area contributed by atoms with Crippen molar-refractivity contribution < 1.29 is 14.3 Å². The zero-order valence-electron chi connectivity index (χ0n) is 8.91. The number of carbonyl (C=O) groups excluding carboxylic acids is 1. The second-order valence-electron chi connectivity index (χ2n) is 3.02. The van der Waals surface area contributed by atoms with E-state index in [1.807, 2.05) is 0 Å². The lowest BCUT2D eigenvalue weighted by atomic mass is 10.3. The highest BCUT2D eigenvalue weighted by Gasteiger charge is 2.08. The van der Waals surface area contributed by atoms with E-state index >= 15 is 0 Å². The van der Waals surface area contributed by atoms with Gasteiger partial charge in [0.05, 0.1) is 25.1 Å². The molecule has 2 N–H and O–H groups in total. The molecule has 0 unspecified atom stereocenters. The van der Waals surface area contributed by atoms with Gasteiger partial charge in [-0.2, -0.15) is 0 Å². The van der Waals surface area contributed by atoms with E-state index in [9.17, 15) is 4.79 Å². The SMILES string of the molecule is C.COC(=O)c1cncc(Oc2cnc(N)s2)c1. The highest BCUT2D eigenvalue weighted by atomic mass is 32.1. The van der Waals surface area contributed by atoms with Gasteiger partial charge in [0.25, 0.3) is 0 Å². The summed E-state index contributed by atoms with van der Waals surface area (Å²) in [5, 5.41) is 0.948. The van der Waals surface area contributed by atoms with Gasteiger partial charge in [0.15, 0.2) is 5.13 Å². The van der Waals surface area contributed by atoms with Crippen molar-refractivity contribution >= 4 is 22.4 Å². The summed E-state index contributed by atoms with van der Waals surface area (Å²) in [7, 11) is 1.31. The average molecular weight is 267 g/mol. The van der Waals surface area contributed by atoms with E-state index in [1.165, 1.54) is 43.1 Å². The van der Waals surface area contributed by atoms with Gasteiger partial charge in [-0.1, -0.05) is 18.8 Å². The van der Waals surface area contributed by atoms with Crippen LogP contribution >= 0.6 is 11.3 Å². The fourth-order valence-electron chi connectivity index (χ4n) is 1.14. The minimum atomic E-state index is -0.466. The van der Waals surface area contributed by atoms with E-state index in [-0.39, 0.29) is 7.43 Å². The van der Waals surface area contributed by atoms with Crippen LogP contribution in [0.1, 0.15) is 17.8 Å². The van der Waals surface area contributed by atoms with E-state index in [1.54, 1.807) is 0 Å². The Hall–Kier alpha value is -2.15. The zero-order chi connectivity index (χ0) is 12.3. The van der Waals surface area contributed by atoms with E-state index in [0.29, 0.717) is 21.5 Å². The summed E-state index contributed by atoms with van der Waals surface area (Å²) in [6.07, 6.45) is 4.40. The van der Waals surface area contributed by atoms with Crippen molar-refractivity contribution in [1.29, 1.82) is 0 Å². The molecule has 7 heteroatoms. The topological polar surface area (TPSA) is 87.3 Å². The molecule has 0 saturated heterocycles. The number of nitrogens with zero attached hydrogens (tertiary/aromatic N) is 2. The Morgan fingerprint density at radius 3 is 2.78 bits per heavy atom. The molecule has 0 aromatic carbocycles. The monoisotopic (exact) mass is 267 g/mol. The van der Waals surface area contributed by atoms with Crippen LogP contribution in [-0.2, 0) is 4.74 Å².